The number of fused-ring (bicyclic) bond motifs is 4. The smallest absolute Gasteiger partial charge is 0.145 e. The molecule has 2 bridgehead atoms. The Kier molecular flexibility index (Phi) is 7.28. The molecule has 2 heteroatoms. The largest absolute Gasteiger partial charge is 0.292 e. The average molecular weight is 629 g/mol. The molecule has 6 aromatic rings. The summed E-state index contributed by atoms with van der Waals surface area (Å²) in [6.07, 6.45) is 18.9. The van der Waals surface area contributed by atoms with Crippen molar-refractivity contribution in [3.63, 3.8) is 0 Å². The fourth-order valence-electron chi connectivity index (χ4n) is 7.78. The SMILES string of the molecule is Cc1cc(-c2ccccc2)ccc1C1=c2ccc(-c3nc4ccccc4n3-c3ccccc3)cc2=C(C2=CC=CCC2)C2=CC=CC=C1C2. The molecule has 0 aliphatic heterocycles. The number of nitrogens with zero attached hydrogens (tertiary/aromatic N) is 2. The number of aryl methyl sites for hydroxylation is 1. The van der Waals surface area contributed by atoms with E-state index in [1.165, 1.54) is 60.6 Å². The lowest BCUT2D eigenvalue weighted by atomic mass is 9.87. The maximum atomic E-state index is 5.26. The normalized spacial score (nSPS) is 15.3. The number of hydrogen-bond acceptors (Lipinski definition) is 1. The van der Waals surface area contributed by atoms with Gasteiger partial charge >= 0.3 is 0 Å². The van der Waals surface area contributed by atoms with Gasteiger partial charge in [0.05, 0.1) is 11.0 Å². The van der Waals surface area contributed by atoms with Crippen molar-refractivity contribution in [1.82, 2.24) is 9.55 Å². The molecule has 0 saturated carbocycles. The maximum Gasteiger partial charge on any atom is 0.145 e. The van der Waals surface area contributed by atoms with Gasteiger partial charge in [0.1, 0.15) is 5.82 Å². The molecule has 49 heavy (non-hydrogen) atoms. The van der Waals surface area contributed by atoms with Crippen LogP contribution in [0.4, 0.5) is 0 Å². The van der Waals surface area contributed by atoms with Crippen LogP contribution in [0.5, 0.6) is 0 Å². The summed E-state index contributed by atoms with van der Waals surface area (Å²) in [5.41, 5.74) is 16.1. The van der Waals surface area contributed by atoms with Crippen LogP contribution in [0, 0.1) is 6.92 Å². The lowest BCUT2D eigenvalue weighted by Crippen LogP contribution is -2.30. The van der Waals surface area contributed by atoms with E-state index in [-0.39, 0.29) is 0 Å². The Morgan fingerprint density at radius 2 is 1.29 bits per heavy atom. The monoisotopic (exact) mass is 628 g/mol. The molecule has 1 aromatic heterocycles. The van der Waals surface area contributed by atoms with Crippen LogP contribution < -0.4 is 10.4 Å². The molecule has 0 N–H and O–H groups in total. The molecule has 3 aliphatic rings. The van der Waals surface area contributed by atoms with E-state index in [1.807, 2.05) is 0 Å². The van der Waals surface area contributed by atoms with Crippen LogP contribution in [-0.4, -0.2) is 9.55 Å². The maximum absolute atomic E-state index is 5.26. The van der Waals surface area contributed by atoms with Gasteiger partial charge in [-0.05, 0) is 117 Å². The Hall–Kier alpha value is -5.99. The summed E-state index contributed by atoms with van der Waals surface area (Å²) in [4.78, 5) is 5.26. The second-order valence-electron chi connectivity index (χ2n) is 13.1. The van der Waals surface area contributed by atoms with Crippen molar-refractivity contribution in [2.75, 3.05) is 0 Å². The highest BCUT2D eigenvalue weighted by Gasteiger charge is 2.24. The Morgan fingerprint density at radius 1 is 0.571 bits per heavy atom. The summed E-state index contributed by atoms with van der Waals surface area (Å²) < 4.78 is 2.31. The first-order chi connectivity index (χ1) is 24.2. The Bertz CT molecular complexity index is 2550. The van der Waals surface area contributed by atoms with Crippen LogP contribution in [0.2, 0.25) is 0 Å². The van der Waals surface area contributed by atoms with Crippen molar-refractivity contribution >= 4 is 22.2 Å². The molecule has 0 amide bonds. The van der Waals surface area contributed by atoms with Gasteiger partial charge in [0.2, 0.25) is 0 Å². The molecule has 234 valence electrons. The number of benzene rings is 5. The van der Waals surface area contributed by atoms with E-state index in [2.05, 4.69) is 175 Å². The van der Waals surface area contributed by atoms with Crippen molar-refractivity contribution in [1.29, 1.82) is 0 Å². The van der Waals surface area contributed by atoms with Crippen LogP contribution in [0.3, 0.4) is 0 Å². The van der Waals surface area contributed by atoms with Crippen molar-refractivity contribution < 1.29 is 0 Å². The second-order valence-corrected chi connectivity index (χ2v) is 13.1. The highest BCUT2D eigenvalue weighted by atomic mass is 15.1. The lowest BCUT2D eigenvalue weighted by Gasteiger charge is -2.17. The predicted molar refractivity (Wildman–Crippen MR) is 205 cm³/mol. The third-order valence-corrected chi connectivity index (χ3v) is 10.1. The summed E-state index contributed by atoms with van der Waals surface area (Å²) in [6, 6.07) is 43.8. The summed E-state index contributed by atoms with van der Waals surface area (Å²) in [7, 11) is 0. The zero-order chi connectivity index (χ0) is 32.7. The Morgan fingerprint density at radius 3 is 2.06 bits per heavy atom. The van der Waals surface area contributed by atoms with Gasteiger partial charge in [-0.1, -0.05) is 134 Å². The summed E-state index contributed by atoms with van der Waals surface area (Å²) in [5, 5.41) is 2.55. The molecule has 0 radical (unpaired) electrons. The number of para-hydroxylation sites is 3. The summed E-state index contributed by atoms with van der Waals surface area (Å²) in [5.74, 6) is 0.953. The summed E-state index contributed by atoms with van der Waals surface area (Å²) in [6.45, 7) is 2.26. The highest BCUT2D eigenvalue weighted by Crippen LogP contribution is 2.38. The highest BCUT2D eigenvalue weighted by molar-refractivity contribution is 5.91. The molecule has 9 rings (SSSR count). The molecule has 5 aromatic carbocycles. The van der Waals surface area contributed by atoms with Crippen molar-refractivity contribution in [2.45, 2.75) is 26.2 Å². The Balaban J connectivity index is 1.37. The first-order valence-electron chi connectivity index (χ1n) is 17.2. The first kappa shape index (κ1) is 29.2. The fourth-order valence-corrected chi connectivity index (χ4v) is 7.78. The van der Waals surface area contributed by atoms with E-state index in [4.69, 9.17) is 4.98 Å². The molecular weight excluding hydrogens is 593 g/mol. The van der Waals surface area contributed by atoms with Gasteiger partial charge in [0, 0.05) is 11.3 Å². The number of rotatable bonds is 5. The minimum absolute atomic E-state index is 0.880. The van der Waals surface area contributed by atoms with Crippen molar-refractivity contribution in [3.8, 4) is 28.2 Å². The third-order valence-electron chi connectivity index (χ3n) is 10.1. The second kappa shape index (κ2) is 12.2. The van der Waals surface area contributed by atoms with Gasteiger partial charge in [-0.2, -0.15) is 0 Å². The van der Waals surface area contributed by atoms with E-state index in [1.54, 1.807) is 0 Å². The van der Waals surface area contributed by atoms with E-state index in [0.717, 1.165) is 47.4 Å². The van der Waals surface area contributed by atoms with Gasteiger partial charge in [-0.15, -0.1) is 0 Å². The van der Waals surface area contributed by atoms with Gasteiger partial charge < -0.3 is 0 Å². The predicted octanol–water partition coefficient (Wildman–Crippen LogP) is 10.1. The standard InChI is InChI=1S/C47H36N2/c1-32-29-35(33-15-5-2-6-16-33)25-27-40(32)46-37-20-12-11-19-36(30-37)45(34-17-7-3-8-18-34)42-31-38(26-28-41(42)46)47-48-43-23-13-14-24-44(43)49(47)39-21-9-4-10-22-39/h2-7,9-17,19-29,31H,8,18,30H2,1H3. The fraction of sp³-hybridized carbons (Fsp3) is 0.0851. The van der Waals surface area contributed by atoms with Crippen LogP contribution >= 0.6 is 0 Å². The molecule has 0 fully saturated rings. The number of aromatic nitrogens is 2. The average Bonchev–Trinajstić information content (AvgIpc) is 3.30. The first-order valence-corrected chi connectivity index (χ1v) is 17.2. The van der Waals surface area contributed by atoms with E-state index in [9.17, 15) is 0 Å². The quantitative estimate of drug-likeness (QED) is 0.186. The van der Waals surface area contributed by atoms with E-state index < -0.39 is 0 Å². The topological polar surface area (TPSA) is 17.8 Å². The van der Waals surface area contributed by atoms with Crippen molar-refractivity contribution in [2.24, 2.45) is 0 Å². The molecule has 1 heterocycles. The molecule has 0 spiro atoms. The molecule has 0 unspecified atom stereocenters. The lowest BCUT2D eigenvalue weighted by molar-refractivity contribution is 0.989. The third kappa shape index (κ3) is 5.17. The molecular formula is C47H36N2. The molecule has 2 nitrogen and oxygen atoms in total. The zero-order valence-electron chi connectivity index (χ0n) is 27.6. The van der Waals surface area contributed by atoms with Crippen LogP contribution in [0.1, 0.15) is 30.4 Å². The van der Waals surface area contributed by atoms with Crippen molar-refractivity contribution in [3.05, 3.63) is 202 Å². The number of hydrogen-bond donors (Lipinski definition) is 0. The van der Waals surface area contributed by atoms with Crippen LogP contribution in [-0.2, 0) is 0 Å². The molecule has 0 atom stereocenters. The van der Waals surface area contributed by atoms with E-state index in [0.29, 0.717) is 0 Å². The van der Waals surface area contributed by atoms with Gasteiger partial charge in [0.15, 0.2) is 0 Å². The minimum atomic E-state index is 0.880. The number of allylic oxidation sites excluding steroid dienone is 10. The van der Waals surface area contributed by atoms with Crippen LogP contribution in [0.15, 0.2) is 181 Å². The Labute approximate surface area is 287 Å². The zero-order valence-corrected chi connectivity index (χ0v) is 27.6. The van der Waals surface area contributed by atoms with Gasteiger partial charge in [-0.25, -0.2) is 4.98 Å². The van der Waals surface area contributed by atoms with Gasteiger partial charge in [-0.3, -0.25) is 4.57 Å². The molecule has 0 saturated heterocycles. The minimum Gasteiger partial charge on any atom is -0.292 e. The van der Waals surface area contributed by atoms with Crippen LogP contribution in [0.25, 0.3) is 50.4 Å². The molecule has 3 aliphatic carbocycles. The summed E-state index contributed by atoms with van der Waals surface area (Å²) >= 11 is 0. The van der Waals surface area contributed by atoms with E-state index >= 15 is 0 Å². The van der Waals surface area contributed by atoms with Gasteiger partial charge in [0.25, 0.3) is 0 Å². The number of imidazole rings is 1.